The summed E-state index contributed by atoms with van der Waals surface area (Å²) < 4.78 is 53.3. The Morgan fingerprint density at radius 1 is 1.19 bits per heavy atom. The van der Waals surface area contributed by atoms with Crippen LogP contribution in [-0.4, -0.2) is 29.1 Å². The van der Waals surface area contributed by atoms with Crippen molar-refractivity contribution in [2.45, 2.75) is 19.4 Å². The quantitative estimate of drug-likeness (QED) is 0.469. The fraction of sp³-hybridized carbons (Fsp3) is 0.150. The molecule has 0 bridgehead atoms. The van der Waals surface area contributed by atoms with E-state index in [9.17, 15) is 27.6 Å². The molecule has 0 radical (unpaired) electrons. The summed E-state index contributed by atoms with van der Waals surface area (Å²) in [6, 6.07) is 3.85. The molecule has 8 nitrogen and oxygen atoms in total. The Labute approximate surface area is 173 Å². The summed E-state index contributed by atoms with van der Waals surface area (Å²) in [7, 11) is 0. The van der Waals surface area contributed by atoms with E-state index in [0.29, 0.717) is 5.56 Å². The van der Waals surface area contributed by atoms with E-state index < -0.39 is 59.2 Å². The molecule has 0 aliphatic carbocycles. The van der Waals surface area contributed by atoms with Crippen molar-refractivity contribution < 1.29 is 42.1 Å². The second kappa shape index (κ2) is 8.48. The van der Waals surface area contributed by atoms with Crippen LogP contribution in [0.4, 0.5) is 18.0 Å². The molecule has 1 aliphatic heterocycles. The molecule has 0 spiro atoms. The molecule has 1 unspecified atom stereocenters. The molecular weight excluding hydrogens is 421 g/mol. The first-order valence-corrected chi connectivity index (χ1v) is 8.75. The number of carbonyl (C=O) groups excluding carboxylic acids is 2. The molecule has 1 heterocycles. The molecule has 0 aromatic heterocycles. The second-order valence-corrected chi connectivity index (χ2v) is 6.55. The number of halogens is 3. The molecule has 162 valence electrons. The van der Waals surface area contributed by atoms with Gasteiger partial charge in [-0.25, -0.2) is 13.6 Å². The van der Waals surface area contributed by atoms with Crippen LogP contribution in [0.5, 0.6) is 11.5 Å². The van der Waals surface area contributed by atoms with Crippen LogP contribution >= 0.6 is 0 Å². The van der Waals surface area contributed by atoms with Gasteiger partial charge in [0.05, 0.1) is 0 Å². The lowest BCUT2D eigenvalue weighted by Gasteiger charge is -2.16. The minimum Gasteiger partial charge on any atom is -0.480 e. The zero-order valence-corrected chi connectivity index (χ0v) is 15.9. The van der Waals surface area contributed by atoms with E-state index in [-0.39, 0.29) is 17.1 Å². The van der Waals surface area contributed by atoms with Gasteiger partial charge < -0.3 is 20.3 Å². The summed E-state index contributed by atoms with van der Waals surface area (Å²) in [5.74, 6) is -7.74. The van der Waals surface area contributed by atoms with E-state index in [0.717, 1.165) is 6.92 Å². The van der Waals surface area contributed by atoms with Gasteiger partial charge in [0.15, 0.2) is 17.4 Å². The number of carboxylic acids is 1. The van der Waals surface area contributed by atoms with Gasteiger partial charge in [-0.05, 0) is 41.8 Å². The number of carbonyl (C=O) groups is 3. The van der Waals surface area contributed by atoms with Gasteiger partial charge >= 0.3 is 12.1 Å². The molecule has 31 heavy (non-hydrogen) atoms. The number of alkyl carbamates (subject to hydrolysis) is 1. The number of hydrogen-bond donors (Lipinski definition) is 3. The van der Waals surface area contributed by atoms with E-state index >= 15 is 0 Å². The first-order chi connectivity index (χ1) is 14.6. The number of aliphatic carboxylic acids is 1. The van der Waals surface area contributed by atoms with Gasteiger partial charge in [-0.2, -0.15) is 4.39 Å². The minimum absolute atomic E-state index is 0.0541. The highest BCUT2D eigenvalue weighted by Crippen LogP contribution is 2.34. The number of hydrogen-bond acceptors (Lipinski definition) is 6. The molecule has 1 aliphatic rings. The number of cyclic esters (lactones) is 1. The maximum absolute atomic E-state index is 14.6. The highest BCUT2D eigenvalue weighted by Gasteiger charge is 2.28. The molecule has 0 saturated carbocycles. The third-order valence-corrected chi connectivity index (χ3v) is 4.42. The number of nitrogens with two attached hydrogens (primary N) is 1. The lowest BCUT2D eigenvalue weighted by molar-refractivity contribution is -0.138. The Bertz CT molecular complexity index is 1090. The van der Waals surface area contributed by atoms with Gasteiger partial charge in [-0.15, -0.1) is 0 Å². The summed E-state index contributed by atoms with van der Waals surface area (Å²) in [6.07, 6.45) is -0.259. The number of rotatable bonds is 6. The molecule has 1 fully saturated rings. The summed E-state index contributed by atoms with van der Waals surface area (Å²) in [5.41, 5.74) is 4.92. The average molecular weight is 436 g/mol. The summed E-state index contributed by atoms with van der Waals surface area (Å²) in [6.45, 7) is 1.15. The largest absolute Gasteiger partial charge is 0.480 e. The first kappa shape index (κ1) is 21.8. The molecule has 2 amide bonds. The monoisotopic (exact) mass is 436 g/mol. The zero-order valence-electron chi connectivity index (χ0n) is 15.9. The van der Waals surface area contributed by atoms with Crippen LogP contribution in [-0.2, 0) is 20.7 Å². The van der Waals surface area contributed by atoms with Gasteiger partial charge in [0.25, 0.3) is 5.91 Å². The lowest BCUT2D eigenvalue weighted by atomic mass is 9.99. The second-order valence-electron chi connectivity index (χ2n) is 6.55. The highest BCUT2D eigenvalue weighted by atomic mass is 19.2. The maximum Gasteiger partial charge on any atom is 0.419 e. The minimum atomic E-state index is -1.63. The Balaban J connectivity index is 1.86. The Morgan fingerprint density at radius 2 is 1.84 bits per heavy atom. The summed E-state index contributed by atoms with van der Waals surface area (Å²) >= 11 is 0. The van der Waals surface area contributed by atoms with E-state index in [2.05, 4.69) is 4.74 Å². The van der Waals surface area contributed by atoms with Crippen LogP contribution in [0.1, 0.15) is 16.7 Å². The maximum atomic E-state index is 14.6. The topological polar surface area (TPSA) is 128 Å². The van der Waals surface area contributed by atoms with Crippen LogP contribution in [0.25, 0.3) is 6.08 Å². The van der Waals surface area contributed by atoms with E-state index in [1.807, 2.05) is 5.32 Å². The van der Waals surface area contributed by atoms with Gasteiger partial charge in [-0.1, -0.05) is 12.1 Å². The van der Waals surface area contributed by atoms with Gasteiger partial charge in [-0.3, -0.25) is 14.9 Å². The summed E-state index contributed by atoms with van der Waals surface area (Å²) in [4.78, 5) is 33.3. The molecule has 1 saturated heterocycles. The van der Waals surface area contributed by atoms with E-state index in [1.165, 1.54) is 30.3 Å². The number of amides is 2. The molecule has 2 aromatic carbocycles. The third-order valence-electron chi connectivity index (χ3n) is 4.42. The molecule has 3 rings (SSSR count). The SMILES string of the molecule is Cc1c(F)c(Oc2ccc(C=C3OC(=O)NC3=O)cc2)c(F)c(F)c1CC(N)C(=O)O. The van der Waals surface area contributed by atoms with Gasteiger partial charge in [0.2, 0.25) is 11.6 Å². The first-order valence-electron chi connectivity index (χ1n) is 8.75. The van der Waals surface area contributed by atoms with E-state index in [4.69, 9.17) is 15.6 Å². The zero-order chi connectivity index (χ0) is 22.9. The Kier molecular flexibility index (Phi) is 5.97. The third kappa shape index (κ3) is 4.51. The van der Waals surface area contributed by atoms with Crippen LogP contribution < -0.4 is 15.8 Å². The lowest BCUT2D eigenvalue weighted by Crippen LogP contribution is -2.33. The Hall–Kier alpha value is -3.86. The van der Waals surface area contributed by atoms with Crippen LogP contribution in [0, 0.1) is 24.4 Å². The van der Waals surface area contributed by atoms with Crippen molar-refractivity contribution in [1.29, 1.82) is 0 Å². The molecule has 1 atom stereocenters. The number of carboxylic acid groups (broad SMARTS) is 1. The fourth-order valence-corrected chi connectivity index (χ4v) is 2.76. The van der Waals surface area contributed by atoms with Crippen molar-refractivity contribution in [2.24, 2.45) is 5.73 Å². The standard InChI is InChI=1S/C20H15F3N2O6/c1-8-11(7-12(24)19(27)28)15(22)16(23)17(14(8)21)30-10-4-2-9(3-5-10)6-13-18(26)25-20(29)31-13/h2-6,12H,7,24H2,1H3,(H,27,28)(H,25,26,29). The molecule has 11 heteroatoms. The number of benzene rings is 2. The highest BCUT2D eigenvalue weighted by molar-refractivity contribution is 6.09. The van der Waals surface area contributed by atoms with Gasteiger partial charge in [0, 0.05) is 6.42 Å². The van der Waals surface area contributed by atoms with E-state index in [1.54, 1.807) is 0 Å². The van der Waals surface area contributed by atoms with Crippen molar-refractivity contribution in [3.63, 3.8) is 0 Å². The normalized spacial score (nSPS) is 15.6. The fourth-order valence-electron chi connectivity index (χ4n) is 2.76. The van der Waals surface area contributed by atoms with Crippen LogP contribution in [0.15, 0.2) is 30.0 Å². The number of ether oxygens (including phenoxy) is 2. The van der Waals surface area contributed by atoms with Gasteiger partial charge in [0.1, 0.15) is 11.8 Å². The van der Waals surface area contributed by atoms with Crippen LogP contribution in [0.2, 0.25) is 0 Å². The molecule has 4 N–H and O–H groups in total. The molecular formula is C20H15F3N2O6. The van der Waals surface area contributed by atoms with Crippen molar-refractivity contribution in [1.82, 2.24) is 5.32 Å². The average Bonchev–Trinajstić information content (AvgIpc) is 3.04. The predicted octanol–water partition coefficient (Wildman–Crippen LogP) is 2.77. The van der Waals surface area contributed by atoms with Crippen molar-refractivity contribution >= 4 is 24.0 Å². The predicted molar refractivity (Wildman–Crippen MR) is 99.5 cm³/mol. The number of imide groups is 1. The summed E-state index contributed by atoms with van der Waals surface area (Å²) in [5, 5.41) is 10.8. The molecule has 2 aromatic rings. The van der Waals surface area contributed by atoms with Crippen LogP contribution in [0.3, 0.4) is 0 Å². The number of nitrogens with one attached hydrogen (secondary N) is 1. The Morgan fingerprint density at radius 3 is 2.39 bits per heavy atom. The van der Waals surface area contributed by atoms with Crippen molar-refractivity contribution in [3.05, 3.63) is 64.2 Å². The smallest absolute Gasteiger partial charge is 0.419 e. The van der Waals surface area contributed by atoms with Crippen molar-refractivity contribution in [2.75, 3.05) is 0 Å². The van der Waals surface area contributed by atoms with Crippen molar-refractivity contribution in [3.8, 4) is 11.5 Å².